The Morgan fingerprint density at radius 2 is 1.49 bits per heavy atom. The van der Waals surface area contributed by atoms with Gasteiger partial charge < -0.3 is 70.0 Å². The summed E-state index contributed by atoms with van der Waals surface area (Å²) in [5, 5.41) is 106. The highest BCUT2D eigenvalue weighted by Crippen LogP contribution is 2.68. The number of hydrogen-bond acceptors (Lipinski definition) is 14. The average Bonchev–Trinajstić information content (AvgIpc) is 3.41. The molecule has 0 bridgehead atoms. The highest BCUT2D eigenvalue weighted by Gasteiger charge is 2.64. The molecule has 22 atom stereocenters. The Morgan fingerprint density at radius 3 is 2.15 bits per heavy atom. The third-order valence-corrected chi connectivity index (χ3v) is 15.0. The van der Waals surface area contributed by atoms with Crippen molar-refractivity contribution in [1.82, 2.24) is 0 Å². The van der Waals surface area contributed by atoms with Crippen LogP contribution in [0.15, 0.2) is 11.6 Å². The third kappa shape index (κ3) is 7.42. The largest absolute Gasteiger partial charge is 0.396 e. The van der Waals surface area contributed by atoms with E-state index < -0.39 is 97.8 Å². The molecule has 10 N–H and O–H groups in total. The van der Waals surface area contributed by atoms with Gasteiger partial charge in [0.25, 0.3) is 0 Å². The number of allylic oxidation sites excluding steroid dienone is 1. The SMILES string of the molecule is C[C@H](CO)CC[C@H](O)[C@@H](C)[C@H]1[C@@H](O)C[C@H]2[C@@H]3CC=C4C[C@@H](O[C@@H]5O[C@H](CO)[C@H](O)[C@H](O)[C@H]5O)C[C@@H](O[C@@H]5O[C@@H](C)[C@H](O)[C@@H](O)[C@H]5O)[C@]4(C)[C@H]3CC[C@]12C. The number of aliphatic hydroxyl groups excluding tert-OH is 10. The number of fused-ring (bicyclic) bond motifs is 5. The fraction of sp³-hybridized carbons (Fsp3) is 0.949. The Bertz CT molecular complexity index is 1270. The normalized spacial score (nSPS) is 51.8. The lowest BCUT2D eigenvalue weighted by atomic mass is 9.46. The van der Waals surface area contributed by atoms with Crippen LogP contribution in [0.4, 0.5) is 0 Å². The second-order valence-electron chi connectivity index (χ2n) is 18.0. The van der Waals surface area contributed by atoms with Crippen LogP contribution >= 0.6 is 0 Å². The molecule has 3 saturated carbocycles. The first kappa shape index (κ1) is 41.8. The minimum atomic E-state index is -1.60. The number of aliphatic hydroxyl groups is 10. The highest BCUT2D eigenvalue weighted by molar-refractivity contribution is 5.28. The van der Waals surface area contributed by atoms with E-state index in [2.05, 4.69) is 19.9 Å². The zero-order valence-electron chi connectivity index (χ0n) is 31.8. The van der Waals surface area contributed by atoms with Crippen LogP contribution in [0.1, 0.15) is 86.0 Å². The molecule has 0 aromatic carbocycles. The molecule has 0 aromatic rings. The van der Waals surface area contributed by atoms with Crippen molar-refractivity contribution >= 4 is 0 Å². The van der Waals surface area contributed by atoms with Crippen LogP contribution in [0.5, 0.6) is 0 Å². The van der Waals surface area contributed by atoms with Gasteiger partial charge in [0.05, 0.1) is 37.1 Å². The molecule has 0 aromatic heterocycles. The molecule has 2 heterocycles. The maximum Gasteiger partial charge on any atom is 0.186 e. The Labute approximate surface area is 312 Å². The second-order valence-corrected chi connectivity index (χ2v) is 18.0. The molecule has 6 aliphatic rings. The van der Waals surface area contributed by atoms with Crippen LogP contribution in [0.3, 0.4) is 0 Å². The minimum Gasteiger partial charge on any atom is -0.396 e. The maximum absolute atomic E-state index is 11.7. The van der Waals surface area contributed by atoms with Gasteiger partial charge in [0, 0.05) is 18.4 Å². The van der Waals surface area contributed by atoms with Crippen LogP contribution in [-0.4, -0.2) is 150 Å². The molecule has 4 aliphatic carbocycles. The second kappa shape index (κ2) is 16.2. The number of hydrogen-bond donors (Lipinski definition) is 10. The number of rotatable bonds is 11. The number of ether oxygens (including phenoxy) is 4. The third-order valence-electron chi connectivity index (χ3n) is 15.0. The van der Waals surface area contributed by atoms with Gasteiger partial charge in [-0.2, -0.15) is 0 Å². The summed E-state index contributed by atoms with van der Waals surface area (Å²) < 4.78 is 24.6. The summed E-state index contributed by atoms with van der Waals surface area (Å²) in [4.78, 5) is 0. The van der Waals surface area contributed by atoms with Crippen molar-refractivity contribution < 1.29 is 70.0 Å². The summed E-state index contributed by atoms with van der Waals surface area (Å²) in [7, 11) is 0. The van der Waals surface area contributed by atoms with Gasteiger partial charge in [0.1, 0.15) is 42.7 Å². The topological polar surface area (TPSA) is 239 Å². The van der Waals surface area contributed by atoms with E-state index in [1.54, 1.807) is 6.92 Å². The first-order valence-electron chi connectivity index (χ1n) is 19.9. The standard InChI is InChI=1S/C39H66O14/c1-17(15-40)6-9-25(42)18(2)29-26(43)14-24-22-8-7-20-12-21(51-37-35(49)33(47)31(45)27(16-41)52-37)13-28(39(20,5)23(22)10-11-38(24,29)4)53-36-34(48)32(46)30(44)19(3)50-36/h7,17-19,21-37,40-49H,6,8-16H2,1-5H3/t17-,18+,19-,21+,22+,23-,24-,25-,26-,27+,28+,29-,30-,31-,32+,33-,34+,35+,36-,37+,38-,39-/m0/s1. The van der Waals surface area contributed by atoms with Gasteiger partial charge in [0.2, 0.25) is 0 Å². The van der Waals surface area contributed by atoms with Gasteiger partial charge in [-0.1, -0.05) is 39.3 Å². The smallest absolute Gasteiger partial charge is 0.186 e. The molecule has 0 unspecified atom stereocenters. The van der Waals surface area contributed by atoms with Crippen molar-refractivity contribution in [1.29, 1.82) is 0 Å². The van der Waals surface area contributed by atoms with Crippen LogP contribution < -0.4 is 0 Å². The van der Waals surface area contributed by atoms with Crippen molar-refractivity contribution in [3.8, 4) is 0 Å². The summed E-state index contributed by atoms with van der Waals surface area (Å²) >= 11 is 0. The molecule has 53 heavy (non-hydrogen) atoms. The van der Waals surface area contributed by atoms with Crippen LogP contribution in [0.2, 0.25) is 0 Å². The van der Waals surface area contributed by atoms with Gasteiger partial charge in [-0.25, -0.2) is 0 Å². The van der Waals surface area contributed by atoms with E-state index in [0.29, 0.717) is 25.7 Å². The first-order valence-corrected chi connectivity index (χ1v) is 19.9. The Hall–Kier alpha value is -0.820. The quantitative estimate of drug-likeness (QED) is 0.124. The van der Waals surface area contributed by atoms with Crippen molar-refractivity contribution in [2.45, 2.75) is 172 Å². The summed E-state index contributed by atoms with van der Waals surface area (Å²) in [5.74, 6) is 0.313. The summed E-state index contributed by atoms with van der Waals surface area (Å²) in [6, 6.07) is 0. The Morgan fingerprint density at radius 1 is 0.830 bits per heavy atom. The van der Waals surface area contributed by atoms with Gasteiger partial charge in [0.15, 0.2) is 12.6 Å². The predicted molar refractivity (Wildman–Crippen MR) is 188 cm³/mol. The van der Waals surface area contributed by atoms with E-state index in [1.807, 2.05) is 13.8 Å². The van der Waals surface area contributed by atoms with Gasteiger partial charge >= 0.3 is 0 Å². The van der Waals surface area contributed by atoms with Crippen LogP contribution in [0.25, 0.3) is 0 Å². The molecule has 2 aliphatic heterocycles. The van der Waals surface area contributed by atoms with E-state index >= 15 is 0 Å². The minimum absolute atomic E-state index is 0.0724. The monoisotopic (exact) mass is 758 g/mol. The van der Waals surface area contributed by atoms with E-state index in [1.165, 1.54) is 0 Å². The maximum atomic E-state index is 11.7. The van der Waals surface area contributed by atoms with Crippen molar-refractivity contribution in [2.75, 3.05) is 13.2 Å². The van der Waals surface area contributed by atoms with Crippen molar-refractivity contribution in [3.63, 3.8) is 0 Å². The fourth-order valence-electron chi connectivity index (χ4n) is 11.7. The fourth-order valence-corrected chi connectivity index (χ4v) is 11.7. The molecular weight excluding hydrogens is 692 g/mol. The van der Waals surface area contributed by atoms with E-state index in [4.69, 9.17) is 18.9 Å². The molecule has 14 heteroatoms. The van der Waals surface area contributed by atoms with Crippen LogP contribution in [0, 0.1) is 46.3 Å². The first-order chi connectivity index (χ1) is 25.0. The Balaban J connectivity index is 1.28. The van der Waals surface area contributed by atoms with Gasteiger partial charge in [-0.15, -0.1) is 0 Å². The molecule has 5 fully saturated rings. The summed E-state index contributed by atoms with van der Waals surface area (Å²) in [5.41, 5.74) is 0.245. The van der Waals surface area contributed by atoms with Crippen LogP contribution in [-0.2, 0) is 18.9 Å². The highest BCUT2D eigenvalue weighted by atomic mass is 16.7. The van der Waals surface area contributed by atoms with E-state index in [-0.39, 0.29) is 54.0 Å². The molecule has 0 amide bonds. The zero-order valence-corrected chi connectivity index (χ0v) is 31.8. The van der Waals surface area contributed by atoms with E-state index in [0.717, 1.165) is 24.8 Å². The molecule has 0 spiro atoms. The molecule has 6 rings (SSSR count). The molecular formula is C39H66O14. The summed E-state index contributed by atoms with van der Waals surface area (Å²) in [6.45, 7) is 9.52. The molecule has 14 nitrogen and oxygen atoms in total. The molecule has 306 valence electrons. The predicted octanol–water partition coefficient (Wildman–Crippen LogP) is -0.0505. The summed E-state index contributed by atoms with van der Waals surface area (Å²) in [6.07, 6.45) is -8.79. The lowest BCUT2D eigenvalue weighted by Crippen LogP contribution is -2.62. The average molecular weight is 759 g/mol. The van der Waals surface area contributed by atoms with E-state index in [9.17, 15) is 51.1 Å². The molecule has 0 radical (unpaired) electrons. The lowest BCUT2D eigenvalue weighted by Gasteiger charge is -2.61. The zero-order chi connectivity index (χ0) is 38.7. The molecule has 2 saturated heterocycles. The lowest BCUT2D eigenvalue weighted by molar-refractivity contribution is -0.331. The van der Waals surface area contributed by atoms with Gasteiger partial charge in [-0.3, -0.25) is 0 Å². The Kier molecular flexibility index (Phi) is 12.8. The van der Waals surface area contributed by atoms with Gasteiger partial charge in [-0.05, 0) is 92.8 Å². The van der Waals surface area contributed by atoms with Crippen molar-refractivity contribution in [3.05, 3.63) is 11.6 Å². The van der Waals surface area contributed by atoms with Crippen molar-refractivity contribution in [2.24, 2.45) is 46.3 Å².